The first kappa shape index (κ1) is 19.4. The molecule has 0 bridgehead atoms. The molecule has 2 aromatic carbocycles. The molecule has 0 radical (unpaired) electrons. The third kappa shape index (κ3) is 3.98. The van der Waals surface area contributed by atoms with Gasteiger partial charge in [0.1, 0.15) is 5.75 Å². The first-order valence-electron chi connectivity index (χ1n) is 8.90. The quantitative estimate of drug-likeness (QED) is 0.799. The van der Waals surface area contributed by atoms with Gasteiger partial charge in [-0.05, 0) is 35.4 Å². The molecule has 2 unspecified atom stereocenters. The van der Waals surface area contributed by atoms with Crippen LogP contribution < -0.4 is 10.1 Å². The van der Waals surface area contributed by atoms with E-state index in [0.29, 0.717) is 5.75 Å². The second kappa shape index (κ2) is 8.12. The van der Waals surface area contributed by atoms with Crippen LogP contribution in [0.1, 0.15) is 33.9 Å². The van der Waals surface area contributed by atoms with E-state index >= 15 is 0 Å². The lowest BCUT2D eigenvalue weighted by Gasteiger charge is -2.25. The summed E-state index contributed by atoms with van der Waals surface area (Å²) in [5.74, 6) is -1.07. The van der Waals surface area contributed by atoms with Gasteiger partial charge in [-0.1, -0.05) is 24.3 Å². The van der Waals surface area contributed by atoms with Gasteiger partial charge in [0.25, 0.3) is 0 Å². The average molecular weight is 382 g/mol. The van der Waals surface area contributed by atoms with Crippen molar-refractivity contribution in [3.05, 3.63) is 65.2 Å². The van der Waals surface area contributed by atoms with Crippen LogP contribution in [0.3, 0.4) is 0 Å². The number of rotatable bonds is 6. The van der Waals surface area contributed by atoms with Crippen molar-refractivity contribution in [1.29, 1.82) is 0 Å². The van der Waals surface area contributed by atoms with Gasteiger partial charge in [0.05, 0.1) is 24.6 Å². The van der Waals surface area contributed by atoms with Crippen LogP contribution in [0.25, 0.3) is 0 Å². The summed E-state index contributed by atoms with van der Waals surface area (Å²) in [6.45, 7) is 0.266. The smallest absolute Gasteiger partial charge is 0.335 e. The lowest BCUT2D eigenvalue weighted by atomic mass is 9.92. The molecule has 1 aliphatic rings. The fourth-order valence-electron chi connectivity index (χ4n) is 3.45. The van der Waals surface area contributed by atoms with Crippen LogP contribution in [0.15, 0.2) is 48.5 Å². The molecule has 0 aliphatic carbocycles. The molecule has 0 saturated carbocycles. The molecule has 2 atom stereocenters. The van der Waals surface area contributed by atoms with Gasteiger partial charge in [-0.3, -0.25) is 9.59 Å². The van der Waals surface area contributed by atoms with Crippen molar-refractivity contribution in [3.8, 4) is 5.75 Å². The number of nitrogens with one attached hydrogen (secondary N) is 1. The van der Waals surface area contributed by atoms with Crippen molar-refractivity contribution >= 4 is 17.8 Å². The molecule has 7 nitrogen and oxygen atoms in total. The minimum atomic E-state index is -0.995. The average Bonchev–Trinajstić information content (AvgIpc) is 3.01. The summed E-state index contributed by atoms with van der Waals surface area (Å²) in [5.41, 5.74) is 1.86. The van der Waals surface area contributed by atoms with E-state index in [1.54, 1.807) is 31.2 Å². The van der Waals surface area contributed by atoms with Crippen LogP contribution in [0.5, 0.6) is 5.75 Å². The third-order valence-electron chi connectivity index (χ3n) is 5.05. The Bertz CT molecular complexity index is 877. The molecular weight excluding hydrogens is 360 g/mol. The van der Waals surface area contributed by atoms with Crippen molar-refractivity contribution in [2.45, 2.75) is 19.0 Å². The Kier molecular flexibility index (Phi) is 5.63. The highest BCUT2D eigenvalue weighted by Crippen LogP contribution is 2.37. The first-order chi connectivity index (χ1) is 13.4. The third-order valence-corrected chi connectivity index (χ3v) is 5.05. The van der Waals surface area contributed by atoms with E-state index in [0.717, 1.165) is 11.1 Å². The van der Waals surface area contributed by atoms with Gasteiger partial charge in [-0.15, -0.1) is 0 Å². The largest absolute Gasteiger partial charge is 0.497 e. The molecule has 1 saturated heterocycles. The number of ether oxygens (including phenoxy) is 1. The molecule has 0 spiro atoms. The number of likely N-dealkylation sites (tertiary alicyclic amines) is 1. The molecule has 3 rings (SSSR count). The molecule has 2 aromatic rings. The molecule has 28 heavy (non-hydrogen) atoms. The number of amides is 2. The Labute approximate surface area is 162 Å². The number of carboxylic acid groups (broad SMARTS) is 1. The molecule has 1 heterocycles. The molecule has 0 aromatic heterocycles. The number of carboxylic acids is 1. The maximum Gasteiger partial charge on any atom is 0.335 e. The van der Waals surface area contributed by atoms with E-state index in [4.69, 9.17) is 9.84 Å². The summed E-state index contributed by atoms with van der Waals surface area (Å²) in [6, 6.07) is 13.3. The van der Waals surface area contributed by atoms with E-state index in [1.165, 1.54) is 12.1 Å². The van der Waals surface area contributed by atoms with Crippen LogP contribution >= 0.6 is 0 Å². The molecule has 7 heteroatoms. The Balaban J connectivity index is 1.71. The Morgan fingerprint density at radius 3 is 2.36 bits per heavy atom. The number of carbonyl (C=O) groups is 3. The van der Waals surface area contributed by atoms with Crippen molar-refractivity contribution in [2.75, 3.05) is 14.2 Å². The fourth-order valence-corrected chi connectivity index (χ4v) is 3.45. The summed E-state index contributed by atoms with van der Waals surface area (Å²) < 4.78 is 5.17. The normalized spacial score (nSPS) is 18.8. The van der Waals surface area contributed by atoms with Crippen molar-refractivity contribution < 1.29 is 24.2 Å². The van der Waals surface area contributed by atoms with Gasteiger partial charge in [0, 0.05) is 20.0 Å². The first-order valence-corrected chi connectivity index (χ1v) is 8.90. The van der Waals surface area contributed by atoms with Crippen molar-refractivity contribution in [3.63, 3.8) is 0 Å². The highest BCUT2D eigenvalue weighted by molar-refractivity contribution is 5.90. The highest BCUT2D eigenvalue weighted by Gasteiger charge is 2.42. The van der Waals surface area contributed by atoms with Gasteiger partial charge in [0.2, 0.25) is 11.8 Å². The van der Waals surface area contributed by atoms with Gasteiger partial charge < -0.3 is 20.1 Å². The zero-order valence-corrected chi connectivity index (χ0v) is 15.7. The van der Waals surface area contributed by atoms with Gasteiger partial charge in [-0.25, -0.2) is 4.79 Å². The molecular formula is C21H22N2O5. The second-order valence-corrected chi connectivity index (χ2v) is 6.75. The Hall–Kier alpha value is -3.35. The van der Waals surface area contributed by atoms with Crippen LogP contribution in [0, 0.1) is 5.92 Å². The van der Waals surface area contributed by atoms with Gasteiger partial charge >= 0.3 is 5.97 Å². The van der Waals surface area contributed by atoms with Crippen LogP contribution in [0.2, 0.25) is 0 Å². The van der Waals surface area contributed by atoms with Crippen LogP contribution in [-0.2, 0) is 16.1 Å². The molecule has 146 valence electrons. The van der Waals surface area contributed by atoms with Crippen LogP contribution in [0.4, 0.5) is 0 Å². The van der Waals surface area contributed by atoms with E-state index in [9.17, 15) is 14.4 Å². The molecule has 1 aliphatic heterocycles. The summed E-state index contributed by atoms with van der Waals surface area (Å²) in [6.07, 6.45) is 0.150. The minimum Gasteiger partial charge on any atom is -0.497 e. The summed E-state index contributed by atoms with van der Waals surface area (Å²) >= 11 is 0. The highest BCUT2D eigenvalue weighted by atomic mass is 16.5. The number of benzene rings is 2. The Morgan fingerprint density at radius 2 is 1.79 bits per heavy atom. The standard InChI is InChI=1S/C21H22N2O5/c1-23-18(24)11-17(19(23)14-7-9-16(28-2)10-8-14)20(25)22-12-13-3-5-15(6-4-13)21(26)27/h3-10,17,19H,11-12H2,1-2H3,(H,22,25)(H,26,27). The van der Waals surface area contributed by atoms with E-state index in [1.807, 2.05) is 24.3 Å². The SMILES string of the molecule is COc1ccc(C2C(C(=O)NCc3ccc(C(=O)O)cc3)CC(=O)N2C)cc1. The molecule has 1 fully saturated rings. The number of carbonyl (C=O) groups excluding carboxylic acids is 2. The number of methoxy groups -OCH3 is 1. The van der Waals surface area contributed by atoms with Gasteiger partial charge in [0.15, 0.2) is 0 Å². The zero-order valence-electron chi connectivity index (χ0n) is 15.7. The van der Waals surface area contributed by atoms with Crippen molar-refractivity contribution in [2.24, 2.45) is 5.92 Å². The van der Waals surface area contributed by atoms with E-state index in [2.05, 4.69) is 5.32 Å². The summed E-state index contributed by atoms with van der Waals surface area (Å²) in [5, 5.41) is 11.8. The van der Waals surface area contributed by atoms with E-state index in [-0.39, 0.29) is 36.4 Å². The fraction of sp³-hybridized carbons (Fsp3) is 0.286. The monoisotopic (exact) mass is 382 g/mol. The maximum atomic E-state index is 12.8. The number of hydrogen-bond acceptors (Lipinski definition) is 4. The topological polar surface area (TPSA) is 95.9 Å². The molecule has 2 N–H and O–H groups in total. The van der Waals surface area contributed by atoms with Gasteiger partial charge in [-0.2, -0.15) is 0 Å². The Morgan fingerprint density at radius 1 is 1.14 bits per heavy atom. The van der Waals surface area contributed by atoms with Crippen molar-refractivity contribution in [1.82, 2.24) is 10.2 Å². The van der Waals surface area contributed by atoms with E-state index < -0.39 is 11.9 Å². The lowest BCUT2D eigenvalue weighted by molar-refractivity contribution is -0.128. The summed E-state index contributed by atoms with van der Waals surface area (Å²) in [7, 11) is 3.29. The predicted molar refractivity (Wildman–Crippen MR) is 102 cm³/mol. The minimum absolute atomic E-state index is 0.0771. The second-order valence-electron chi connectivity index (χ2n) is 6.75. The maximum absolute atomic E-state index is 12.8. The number of nitrogens with zero attached hydrogens (tertiary/aromatic N) is 1. The summed E-state index contributed by atoms with van der Waals surface area (Å²) in [4.78, 5) is 37.5. The zero-order chi connectivity index (χ0) is 20.3. The number of hydrogen-bond donors (Lipinski definition) is 2. The lowest BCUT2D eigenvalue weighted by Crippen LogP contribution is -2.34. The number of aromatic carboxylic acids is 1. The predicted octanol–water partition coefficient (Wildman–Crippen LogP) is 2.23. The molecule has 2 amide bonds. The van der Waals surface area contributed by atoms with Crippen LogP contribution in [-0.4, -0.2) is 41.9 Å².